The SMILES string of the molecule is COc1cc(Cl)ccc1Oc1nc(C)ccc1OC[C@H]1CCCNC1. The van der Waals surface area contributed by atoms with Crippen molar-refractivity contribution in [2.45, 2.75) is 19.8 Å². The Morgan fingerprint density at radius 2 is 2.04 bits per heavy atom. The maximum Gasteiger partial charge on any atom is 0.262 e. The van der Waals surface area contributed by atoms with E-state index in [2.05, 4.69) is 10.3 Å². The molecule has 1 saturated heterocycles. The van der Waals surface area contributed by atoms with Gasteiger partial charge in [-0.1, -0.05) is 11.6 Å². The van der Waals surface area contributed by atoms with Crippen molar-refractivity contribution < 1.29 is 14.2 Å². The number of ether oxygens (including phenoxy) is 3. The third-order valence-electron chi connectivity index (χ3n) is 4.17. The van der Waals surface area contributed by atoms with Crippen LogP contribution in [0.2, 0.25) is 5.02 Å². The van der Waals surface area contributed by atoms with E-state index in [0.29, 0.717) is 40.7 Å². The number of hydrogen-bond donors (Lipinski definition) is 1. The summed E-state index contributed by atoms with van der Waals surface area (Å²) >= 11 is 6.01. The molecule has 0 amide bonds. The number of hydrogen-bond acceptors (Lipinski definition) is 5. The minimum absolute atomic E-state index is 0.435. The van der Waals surface area contributed by atoms with Crippen LogP contribution in [0.25, 0.3) is 0 Å². The van der Waals surface area contributed by atoms with Crippen molar-refractivity contribution in [3.05, 3.63) is 41.0 Å². The molecule has 25 heavy (non-hydrogen) atoms. The third kappa shape index (κ3) is 4.77. The van der Waals surface area contributed by atoms with Gasteiger partial charge in [-0.25, -0.2) is 4.98 Å². The van der Waals surface area contributed by atoms with Gasteiger partial charge in [0.2, 0.25) is 0 Å². The second-order valence-electron chi connectivity index (χ2n) is 6.18. The lowest BCUT2D eigenvalue weighted by Gasteiger charge is -2.23. The molecule has 6 heteroatoms. The smallest absolute Gasteiger partial charge is 0.262 e. The largest absolute Gasteiger partial charge is 0.493 e. The molecule has 0 bridgehead atoms. The number of halogens is 1. The van der Waals surface area contributed by atoms with Crippen LogP contribution in [0.5, 0.6) is 23.1 Å². The van der Waals surface area contributed by atoms with Crippen LogP contribution >= 0.6 is 11.6 Å². The fraction of sp³-hybridized carbons (Fsp3) is 0.421. The molecule has 0 spiro atoms. The highest BCUT2D eigenvalue weighted by molar-refractivity contribution is 6.30. The molecule has 1 fully saturated rings. The number of methoxy groups -OCH3 is 1. The summed E-state index contributed by atoms with van der Waals surface area (Å²) in [6.45, 7) is 4.64. The number of aromatic nitrogens is 1. The molecule has 1 aromatic carbocycles. The summed E-state index contributed by atoms with van der Waals surface area (Å²) in [7, 11) is 1.58. The molecule has 5 nitrogen and oxygen atoms in total. The van der Waals surface area contributed by atoms with Crippen molar-refractivity contribution in [2.24, 2.45) is 5.92 Å². The molecular formula is C19H23ClN2O3. The first kappa shape index (κ1) is 17.8. The van der Waals surface area contributed by atoms with Gasteiger partial charge in [0.25, 0.3) is 5.88 Å². The second-order valence-corrected chi connectivity index (χ2v) is 6.61. The highest BCUT2D eigenvalue weighted by Gasteiger charge is 2.17. The van der Waals surface area contributed by atoms with Crippen molar-refractivity contribution in [2.75, 3.05) is 26.8 Å². The van der Waals surface area contributed by atoms with Gasteiger partial charge in [-0.15, -0.1) is 0 Å². The van der Waals surface area contributed by atoms with E-state index in [1.807, 2.05) is 19.1 Å². The van der Waals surface area contributed by atoms with Crippen LogP contribution in [0.3, 0.4) is 0 Å². The van der Waals surface area contributed by atoms with Crippen LogP contribution in [0, 0.1) is 12.8 Å². The van der Waals surface area contributed by atoms with Crippen LogP contribution in [-0.2, 0) is 0 Å². The van der Waals surface area contributed by atoms with E-state index in [0.717, 1.165) is 18.8 Å². The molecule has 0 aliphatic carbocycles. The maximum absolute atomic E-state index is 6.01. The van der Waals surface area contributed by atoms with Crippen molar-refractivity contribution in [3.8, 4) is 23.1 Å². The molecule has 3 rings (SSSR count). The Labute approximate surface area is 153 Å². The lowest BCUT2D eigenvalue weighted by Crippen LogP contribution is -2.33. The molecule has 0 saturated carbocycles. The number of piperidine rings is 1. The minimum Gasteiger partial charge on any atom is -0.493 e. The average molecular weight is 363 g/mol. The number of nitrogens with one attached hydrogen (secondary N) is 1. The minimum atomic E-state index is 0.435. The summed E-state index contributed by atoms with van der Waals surface area (Å²) in [5.74, 6) is 2.68. The molecule has 2 aromatic rings. The zero-order valence-electron chi connectivity index (χ0n) is 14.5. The lowest BCUT2D eigenvalue weighted by atomic mass is 10.0. The van der Waals surface area contributed by atoms with Crippen LogP contribution in [0.1, 0.15) is 18.5 Å². The van der Waals surface area contributed by atoms with Gasteiger partial charge in [-0.2, -0.15) is 0 Å². The van der Waals surface area contributed by atoms with Crippen LogP contribution in [0.15, 0.2) is 30.3 Å². The quantitative estimate of drug-likeness (QED) is 0.833. The second kappa shape index (κ2) is 8.41. The van der Waals surface area contributed by atoms with Gasteiger partial charge in [0.15, 0.2) is 17.2 Å². The number of nitrogens with zero attached hydrogens (tertiary/aromatic N) is 1. The van der Waals surface area contributed by atoms with E-state index in [4.69, 9.17) is 25.8 Å². The normalized spacial score (nSPS) is 17.2. The summed E-state index contributed by atoms with van der Waals surface area (Å²) in [6.07, 6.45) is 2.36. The Kier molecular flexibility index (Phi) is 6.00. The molecule has 1 aliphatic rings. The molecule has 1 N–H and O–H groups in total. The summed E-state index contributed by atoms with van der Waals surface area (Å²) in [5.41, 5.74) is 0.856. The van der Waals surface area contributed by atoms with E-state index < -0.39 is 0 Å². The fourth-order valence-electron chi connectivity index (χ4n) is 2.81. The van der Waals surface area contributed by atoms with Gasteiger partial charge in [-0.05, 0) is 50.6 Å². The molecular weight excluding hydrogens is 340 g/mol. The Bertz CT molecular complexity index is 718. The van der Waals surface area contributed by atoms with Crippen molar-refractivity contribution >= 4 is 11.6 Å². The van der Waals surface area contributed by atoms with Gasteiger partial charge in [0.1, 0.15) is 0 Å². The Morgan fingerprint density at radius 1 is 1.20 bits per heavy atom. The number of pyridine rings is 1. The predicted molar refractivity (Wildman–Crippen MR) is 98.1 cm³/mol. The number of rotatable bonds is 6. The number of benzene rings is 1. The molecule has 1 atom stereocenters. The maximum atomic E-state index is 6.01. The van der Waals surface area contributed by atoms with E-state index in [-0.39, 0.29) is 0 Å². The van der Waals surface area contributed by atoms with E-state index in [1.165, 1.54) is 12.8 Å². The molecule has 0 radical (unpaired) electrons. The molecule has 0 unspecified atom stereocenters. The average Bonchev–Trinajstić information content (AvgIpc) is 2.63. The summed E-state index contributed by atoms with van der Waals surface area (Å²) < 4.78 is 17.3. The highest BCUT2D eigenvalue weighted by Crippen LogP contribution is 2.36. The molecule has 134 valence electrons. The first-order valence-electron chi connectivity index (χ1n) is 8.48. The van der Waals surface area contributed by atoms with Crippen molar-refractivity contribution in [1.29, 1.82) is 0 Å². The van der Waals surface area contributed by atoms with E-state index in [9.17, 15) is 0 Å². The van der Waals surface area contributed by atoms with Gasteiger partial charge < -0.3 is 19.5 Å². The zero-order valence-corrected chi connectivity index (χ0v) is 15.3. The van der Waals surface area contributed by atoms with Crippen LogP contribution < -0.4 is 19.5 Å². The lowest BCUT2D eigenvalue weighted by molar-refractivity contribution is 0.211. The Morgan fingerprint density at radius 3 is 2.80 bits per heavy atom. The summed E-state index contributed by atoms with van der Waals surface area (Å²) in [4.78, 5) is 4.48. The van der Waals surface area contributed by atoms with Crippen LogP contribution in [-0.4, -0.2) is 31.8 Å². The molecule has 1 aromatic heterocycles. The number of aryl methyl sites for hydroxylation is 1. The Balaban J connectivity index is 1.77. The van der Waals surface area contributed by atoms with Gasteiger partial charge in [0, 0.05) is 29.2 Å². The highest BCUT2D eigenvalue weighted by atomic mass is 35.5. The summed E-state index contributed by atoms with van der Waals surface area (Å²) in [6, 6.07) is 9.04. The topological polar surface area (TPSA) is 52.6 Å². The Hall–Kier alpha value is -1.98. The first-order chi connectivity index (χ1) is 12.2. The van der Waals surface area contributed by atoms with Crippen molar-refractivity contribution in [1.82, 2.24) is 10.3 Å². The predicted octanol–water partition coefficient (Wildman–Crippen LogP) is 4.22. The summed E-state index contributed by atoms with van der Waals surface area (Å²) in [5, 5.41) is 3.98. The van der Waals surface area contributed by atoms with Crippen molar-refractivity contribution in [3.63, 3.8) is 0 Å². The first-order valence-corrected chi connectivity index (χ1v) is 8.86. The molecule has 1 aliphatic heterocycles. The third-order valence-corrected chi connectivity index (χ3v) is 4.41. The zero-order chi connectivity index (χ0) is 17.6. The van der Waals surface area contributed by atoms with Gasteiger partial charge in [-0.3, -0.25) is 0 Å². The van der Waals surface area contributed by atoms with E-state index >= 15 is 0 Å². The van der Waals surface area contributed by atoms with Gasteiger partial charge >= 0.3 is 0 Å². The van der Waals surface area contributed by atoms with Crippen LogP contribution in [0.4, 0.5) is 0 Å². The van der Waals surface area contributed by atoms with E-state index in [1.54, 1.807) is 25.3 Å². The standard InChI is InChI=1S/C19H23ClN2O3/c1-13-5-7-17(24-12-14-4-3-9-21-11-14)19(22-13)25-16-8-6-15(20)10-18(16)23-2/h5-8,10,14,21H,3-4,9,11-12H2,1-2H3/t14-/m0/s1. The van der Waals surface area contributed by atoms with Gasteiger partial charge in [0.05, 0.1) is 13.7 Å². The fourth-order valence-corrected chi connectivity index (χ4v) is 2.97. The monoisotopic (exact) mass is 362 g/mol. The molecule has 2 heterocycles.